The first-order chi connectivity index (χ1) is 14.2. The molecule has 156 valence electrons. The molecule has 0 aliphatic rings. The summed E-state index contributed by atoms with van der Waals surface area (Å²) in [4.78, 5) is 12.7. The molecule has 0 spiro atoms. The number of benzene rings is 3. The van der Waals surface area contributed by atoms with Crippen molar-refractivity contribution in [2.24, 2.45) is 0 Å². The Balaban J connectivity index is 1.86. The number of carbonyl (C=O) groups excluding carboxylic acids is 1. The number of aryl methyl sites for hydroxylation is 1. The van der Waals surface area contributed by atoms with E-state index in [1.54, 1.807) is 24.3 Å². The molecular weight excluding hydrogens is 518 g/mol. The van der Waals surface area contributed by atoms with Crippen LogP contribution >= 0.6 is 22.6 Å². The lowest BCUT2D eigenvalue weighted by molar-refractivity contribution is -0.116. The number of sulfonamides is 1. The predicted molar refractivity (Wildman–Crippen MR) is 123 cm³/mol. The van der Waals surface area contributed by atoms with Crippen molar-refractivity contribution >= 4 is 44.2 Å². The van der Waals surface area contributed by atoms with Crippen molar-refractivity contribution in [3.63, 3.8) is 0 Å². The third-order valence-corrected chi connectivity index (χ3v) is 6.90. The summed E-state index contributed by atoms with van der Waals surface area (Å²) in [6.07, 6.45) is 0. The molecule has 1 N–H and O–H groups in total. The molecule has 0 aliphatic carbocycles. The van der Waals surface area contributed by atoms with E-state index < -0.39 is 21.7 Å². The van der Waals surface area contributed by atoms with Gasteiger partial charge in [-0.1, -0.05) is 29.8 Å². The number of carbonyl (C=O) groups is 1. The average molecular weight is 538 g/mol. The molecule has 3 aromatic carbocycles. The molecule has 5 nitrogen and oxygen atoms in total. The van der Waals surface area contributed by atoms with E-state index in [1.165, 1.54) is 36.4 Å². The van der Waals surface area contributed by atoms with Gasteiger partial charge >= 0.3 is 0 Å². The van der Waals surface area contributed by atoms with Crippen LogP contribution in [0, 0.1) is 16.3 Å². The molecule has 0 fully saturated rings. The van der Waals surface area contributed by atoms with Crippen LogP contribution in [0.2, 0.25) is 0 Å². The average Bonchev–Trinajstić information content (AvgIpc) is 2.71. The lowest BCUT2D eigenvalue weighted by atomic mass is 10.2. The van der Waals surface area contributed by atoms with Crippen molar-refractivity contribution in [2.45, 2.75) is 18.4 Å². The topological polar surface area (TPSA) is 66.5 Å². The highest BCUT2D eigenvalue weighted by Crippen LogP contribution is 2.20. The predicted octanol–water partition coefficient (Wildman–Crippen LogP) is 4.57. The summed E-state index contributed by atoms with van der Waals surface area (Å²) in [5, 5.41) is 2.72. The summed E-state index contributed by atoms with van der Waals surface area (Å²) >= 11 is 2.16. The smallest absolute Gasteiger partial charge is 0.243 e. The Kier molecular flexibility index (Phi) is 7.22. The van der Waals surface area contributed by atoms with Crippen LogP contribution in [0.4, 0.5) is 10.1 Å². The van der Waals surface area contributed by atoms with Crippen molar-refractivity contribution in [3.05, 3.63) is 93.3 Å². The van der Waals surface area contributed by atoms with Gasteiger partial charge in [-0.3, -0.25) is 4.79 Å². The van der Waals surface area contributed by atoms with Gasteiger partial charge < -0.3 is 5.32 Å². The minimum atomic E-state index is -3.94. The zero-order valence-electron chi connectivity index (χ0n) is 16.2. The Bertz CT molecular complexity index is 1120. The molecule has 3 rings (SSSR count). The fraction of sp³-hybridized carbons (Fsp3) is 0.136. The molecular formula is C22H20FIN2O3S. The van der Waals surface area contributed by atoms with Crippen LogP contribution in [0.15, 0.2) is 77.7 Å². The first kappa shape index (κ1) is 22.4. The number of anilines is 1. The summed E-state index contributed by atoms with van der Waals surface area (Å²) < 4.78 is 41.8. The van der Waals surface area contributed by atoms with Gasteiger partial charge in [0.2, 0.25) is 15.9 Å². The fourth-order valence-electron chi connectivity index (χ4n) is 2.77. The van der Waals surface area contributed by atoms with Gasteiger partial charge in [-0.15, -0.1) is 0 Å². The highest BCUT2D eigenvalue weighted by Gasteiger charge is 2.27. The van der Waals surface area contributed by atoms with Crippen LogP contribution in [-0.2, 0) is 21.4 Å². The first-order valence-corrected chi connectivity index (χ1v) is 11.6. The Morgan fingerprint density at radius 2 is 1.57 bits per heavy atom. The third-order valence-electron chi connectivity index (χ3n) is 4.38. The van der Waals surface area contributed by atoms with Gasteiger partial charge in [0, 0.05) is 15.8 Å². The molecule has 0 atom stereocenters. The fourth-order valence-corrected chi connectivity index (χ4v) is 4.52. The number of amides is 1. The summed E-state index contributed by atoms with van der Waals surface area (Å²) in [6.45, 7) is 1.43. The highest BCUT2D eigenvalue weighted by molar-refractivity contribution is 14.1. The molecule has 0 bridgehead atoms. The Labute approximate surface area is 189 Å². The Hall–Kier alpha value is -2.30. The maximum Gasteiger partial charge on any atom is 0.243 e. The zero-order chi connectivity index (χ0) is 21.7. The molecule has 8 heteroatoms. The van der Waals surface area contributed by atoms with Crippen LogP contribution < -0.4 is 5.32 Å². The monoisotopic (exact) mass is 538 g/mol. The summed E-state index contributed by atoms with van der Waals surface area (Å²) in [6, 6.07) is 19.1. The quantitative estimate of drug-likeness (QED) is 0.449. The normalized spacial score (nSPS) is 11.5. The molecule has 0 unspecified atom stereocenters. The van der Waals surface area contributed by atoms with Crippen LogP contribution in [0.3, 0.4) is 0 Å². The summed E-state index contributed by atoms with van der Waals surface area (Å²) in [5.74, 6) is -0.878. The van der Waals surface area contributed by atoms with Crippen molar-refractivity contribution in [3.8, 4) is 0 Å². The van der Waals surface area contributed by atoms with Crippen LogP contribution in [0.1, 0.15) is 11.1 Å². The first-order valence-electron chi connectivity index (χ1n) is 9.11. The van der Waals surface area contributed by atoms with Gasteiger partial charge in [-0.05, 0) is 83.6 Å². The third kappa shape index (κ3) is 5.87. The number of hydrogen-bond donors (Lipinski definition) is 1. The lowest BCUT2D eigenvalue weighted by Crippen LogP contribution is -2.37. The van der Waals surface area contributed by atoms with Gasteiger partial charge in [-0.25, -0.2) is 12.8 Å². The molecule has 0 radical (unpaired) electrons. The minimum Gasteiger partial charge on any atom is -0.325 e. The number of hydrogen-bond acceptors (Lipinski definition) is 3. The molecule has 30 heavy (non-hydrogen) atoms. The lowest BCUT2D eigenvalue weighted by Gasteiger charge is -2.22. The van der Waals surface area contributed by atoms with Gasteiger partial charge in [0.05, 0.1) is 11.4 Å². The SMILES string of the molecule is Cc1ccc(S(=O)(=O)N(CC(=O)Nc2ccc(I)cc2)Cc2ccc(F)cc2)cc1. The molecule has 3 aromatic rings. The van der Waals surface area contributed by atoms with Gasteiger partial charge in [0.25, 0.3) is 0 Å². The van der Waals surface area contributed by atoms with E-state index in [1.807, 2.05) is 19.1 Å². The van der Waals surface area contributed by atoms with Crippen molar-refractivity contribution in [1.29, 1.82) is 0 Å². The molecule has 0 saturated carbocycles. The molecule has 0 heterocycles. The van der Waals surface area contributed by atoms with Gasteiger partial charge in [-0.2, -0.15) is 4.31 Å². The number of rotatable bonds is 7. The Morgan fingerprint density at radius 1 is 0.967 bits per heavy atom. The van der Waals surface area contributed by atoms with Crippen LogP contribution in [0.5, 0.6) is 0 Å². The van der Waals surface area contributed by atoms with E-state index in [4.69, 9.17) is 0 Å². The second-order valence-corrected chi connectivity index (χ2v) is 9.95. The summed E-state index contributed by atoms with van der Waals surface area (Å²) in [7, 11) is -3.94. The second kappa shape index (κ2) is 9.67. The van der Waals surface area contributed by atoms with E-state index in [0.717, 1.165) is 13.4 Å². The van der Waals surface area contributed by atoms with Crippen LogP contribution in [-0.4, -0.2) is 25.2 Å². The number of nitrogens with zero attached hydrogens (tertiary/aromatic N) is 1. The molecule has 0 aliphatic heterocycles. The van der Waals surface area contributed by atoms with E-state index >= 15 is 0 Å². The van der Waals surface area contributed by atoms with E-state index in [-0.39, 0.29) is 18.0 Å². The maximum atomic E-state index is 13.2. The Morgan fingerprint density at radius 3 is 2.17 bits per heavy atom. The van der Waals surface area contributed by atoms with E-state index in [9.17, 15) is 17.6 Å². The van der Waals surface area contributed by atoms with E-state index in [2.05, 4.69) is 27.9 Å². The van der Waals surface area contributed by atoms with Crippen LogP contribution in [0.25, 0.3) is 0 Å². The minimum absolute atomic E-state index is 0.0589. The van der Waals surface area contributed by atoms with E-state index in [0.29, 0.717) is 11.3 Å². The summed E-state index contributed by atoms with van der Waals surface area (Å²) in [5.41, 5.74) is 2.08. The highest BCUT2D eigenvalue weighted by atomic mass is 127. The van der Waals surface area contributed by atoms with Crippen molar-refractivity contribution < 1.29 is 17.6 Å². The number of halogens is 2. The zero-order valence-corrected chi connectivity index (χ0v) is 19.2. The largest absolute Gasteiger partial charge is 0.325 e. The van der Waals surface area contributed by atoms with Crippen molar-refractivity contribution in [2.75, 3.05) is 11.9 Å². The standard InChI is InChI=1S/C22H20FIN2O3S/c1-16-2-12-21(13-3-16)30(28,29)26(14-17-4-6-18(23)7-5-17)15-22(27)25-20-10-8-19(24)9-11-20/h2-13H,14-15H2,1H3,(H,25,27). The molecule has 0 saturated heterocycles. The van der Waals surface area contributed by atoms with Gasteiger partial charge in [0.1, 0.15) is 5.82 Å². The molecule has 1 amide bonds. The maximum absolute atomic E-state index is 13.2. The number of nitrogens with one attached hydrogen (secondary N) is 1. The van der Waals surface area contributed by atoms with Gasteiger partial charge in [0.15, 0.2) is 0 Å². The second-order valence-electron chi connectivity index (χ2n) is 6.77. The molecule has 0 aromatic heterocycles. The van der Waals surface area contributed by atoms with Crippen molar-refractivity contribution in [1.82, 2.24) is 4.31 Å².